The molecule has 0 unspecified atom stereocenters. The highest BCUT2D eigenvalue weighted by molar-refractivity contribution is 5.45. The molecule has 0 aromatic heterocycles. The molecule has 2 heteroatoms. The molecule has 0 heterocycles. The highest BCUT2D eigenvalue weighted by atomic mass is 16.3. The average molecular weight is 338 g/mol. The summed E-state index contributed by atoms with van der Waals surface area (Å²) in [6, 6.07) is 27.7. The minimum absolute atomic E-state index is 0.641. The van der Waals surface area contributed by atoms with E-state index in [4.69, 9.17) is 0 Å². The van der Waals surface area contributed by atoms with Crippen LogP contribution in [0.3, 0.4) is 0 Å². The first-order valence-electron chi connectivity index (χ1n) is 8.29. The maximum Gasteiger partial charge on any atom is 0.177 e. The smallest absolute Gasteiger partial charge is 0.177 e. The zero-order valence-corrected chi connectivity index (χ0v) is 14.1. The van der Waals surface area contributed by atoms with E-state index in [9.17, 15) is 10.2 Å². The molecule has 0 radical (unpaired) electrons. The normalized spacial score (nSPS) is 11.5. The van der Waals surface area contributed by atoms with E-state index >= 15 is 0 Å². The van der Waals surface area contributed by atoms with Crippen LogP contribution in [0.15, 0.2) is 91.0 Å². The van der Waals surface area contributed by atoms with Crippen molar-refractivity contribution in [1.82, 2.24) is 0 Å². The third kappa shape index (κ3) is 4.21. The Morgan fingerprint density at radius 1 is 0.654 bits per heavy atom. The molecule has 2 nitrogen and oxygen atoms in total. The SMILES string of the molecule is O[C@@H](C#Cc1ccccc1)C#CC(O)(c1ccccc1)c1ccccc1. The highest BCUT2D eigenvalue weighted by Crippen LogP contribution is 2.28. The van der Waals surface area contributed by atoms with E-state index in [1.165, 1.54) is 0 Å². The Kier molecular flexibility index (Phi) is 5.52. The van der Waals surface area contributed by atoms with Gasteiger partial charge in [-0.25, -0.2) is 0 Å². The molecule has 0 saturated heterocycles. The molecule has 0 fully saturated rings. The Morgan fingerprint density at radius 3 is 1.62 bits per heavy atom. The molecular weight excluding hydrogens is 320 g/mol. The predicted molar refractivity (Wildman–Crippen MR) is 103 cm³/mol. The fourth-order valence-corrected chi connectivity index (χ4v) is 2.55. The van der Waals surface area contributed by atoms with Crippen LogP contribution in [-0.2, 0) is 5.60 Å². The summed E-state index contributed by atoms with van der Waals surface area (Å²) in [6.07, 6.45) is -1.16. The highest BCUT2D eigenvalue weighted by Gasteiger charge is 2.29. The molecule has 0 spiro atoms. The molecule has 3 aromatic carbocycles. The second-order valence-electron chi connectivity index (χ2n) is 5.75. The summed E-state index contributed by atoms with van der Waals surface area (Å²) in [5.74, 6) is 11.1. The largest absolute Gasteiger partial charge is 0.369 e. The van der Waals surface area contributed by atoms with Crippen LogP contribution in [0.2, 0.25) is 0 Å². The van der Waals surface area contributed by atoms with Crippen LogP contribution < -0.4 is 0 Å². The van der Waals surface area contributed by atoms with E-state index < -0.39 is 11.7 Å². The van der Waals surface area contributed by atoms with Gasteiger partial charge in [0.05, 0.1) is 0 Å². The molecule has 26 heavy (non-hydrogen) atoms. The first-order chi connectivity index (χ1) is 12.7. The summed E-state index contributed by atoms with van der Waals surface area (Å²) >= 11 is 0. The van der Waals surface area contributed by atoms with Gasteiger partial charge in [-0.15, -0.1) is 0 Å². The van der Waals surface area contributed by atoms with Crippen molar-refractivity contribution in [3.05, 3.63) is 108 Å². The quantitative estimate of drug-likeness (QED) is 0.704. The van der Waals surface area contributed by atoms with Crippen LogP contribution in [0.25, 0.3) is 0 Å². The number of rotatable bonds is 2. The maximum atomic E-state index is 11.3. The van der Waals surface area contributed by atoms with Crippen LogP contribution in [0, 0.1) is 23.7 Å². The molecular formula is C24H18O2. The van der Waals surface area contributed by atoms with E-state index in [0.29, 0.717) is 11.1 Å². The zero-order valence-electron chi connectivity index (χ0n) is 14.1. The van der Waals surface area contributed by atoms with Crippen LogP contribution in [-0.4, -0.2) is 16.3 Å². The Bertz CT molecular complexity index is 916. The lowest BCUT2D eigenvalue weighted by atomic mass is 9.87. The molecule has 0 aliphatic carbocycles. The zero-order chi connectivity index (χ0) is 18.2. The van der Waals surface area contributed by atoms with Gasteiger partial charge >= 0.3 is 0 Å². The van der Waals surface area contributed by atoms with Crippen molar-refractivity contribution in [1.29, 1.82) is 0 Å². The summed E-state index contributed by atoms with van der Waals surface area (Å²) in [7, 11) is 0. The first-order valence-corrected chi connectivity index (χ1v) is 8.29. The number of hydrogen-bond donors (Lipinski definition) is 2. The van der Waals surface area contributed by atoms with Gasteiger partial charge in [0.25, 0.3) is 0 Å². The Morgan fingerprint density at radius 2 is 1.12 bits per heavy atom. The fourth-order valence-electron chi connectivity index (χ4n) is 2.55. The van der Waals surface area contributed by atoms with E-state index in [1.807, 2.05) is 91.0 Å². The molecule has 0 amide bonds. The minimum Gasteiger partial charge on any atom is -0.369 e. The van der Waals surface area contributed by atoms with Gasteiger partial charge in [0, 0.05) is 16.7 Å². The number of aliphatic hydroxyl groups excluding tert-OH is 1. The first kappa shape index (κ1) is 17.5. The van der Waals surface area contributed by atoms with Crippen molar-refractivity contribution in [3.8, 4) is 23.7 Å². The second kappa shape index (κ2) is 8.19. The monoisotopic (exact) mass is 338 g/mol. The topological polar surface area (TPSA) is 40.5 Å². The second-order valence-corrected chi connectivity index (χ2v) is 5.75. The van der Waals surface area contributed by atoms with E-state index in [2.05, 4.69) is 23.7 Å². The maximum absolute atomic E-state index is 11.3. The number of aliphatic hydroxyl groups is 2. The molecule has 0 aliphatic heterocycles. The van der Waals surface area contributed by atoms with Gasteiger partial charge in [0.1, 0.15) is 0 Å². The minimum atomic E-state index is -1.52. The number of benzene rings is 3. The lowest BCUT2D eigenvalue weighted by Crippen LogP contribution is -2.25. The van der Waals surface area contributed by atoms with Crippen molar-refractivity contribution in [2.75, 3.05) is 0 Å². The average Bonchev–Trinajstić information content (AvgIpc) is 2.72. The standard InChI is InChI=1S/C24H18O2/c25-23(17-16-20-10-4-1-5-11-20)18-19-24(26,21-12-6-2-7-13-21)22-14-8-3-9-15-22/h1-15,23,25-26H/t23-/m0/s1. The van der Waals surface area contributed by atoms with E-state index in [0.717, 1.165) is 5.56 Å². The third-order valence-electron chi connectivity index (χ3n) is 3.90. The van der Waals surface area contributed by atoms with E-state index in [1.54, 1.807) is 0 Å². The molecule has 0 aliphatic rings. The van der Waals surface area contributed by atoms with Crippen molar-refractivity contribution in [2.45, 2.75) is 11.7 Å². The van der Waals surface area contributed by atoms with Crippen LogP contribution in [0.5, 0.6) is 0 Å². The Hall–Kier alpha value is -3.30. The van der Waals surface area contributed by atoms with Gasteiger partial charge in [0.2, 0.25) is 0 Å². The molecule has 2 N–H and O–H groups in total. The van der Waals surface area contributed by atoms with Crippen LogP contribution in [0.4, 0.5) is 0 Å². The summed E-state index contributed by atoms with van der Waals surface area (Å²) in [4.78, 5) is 0. The van der Waals surface area contributed by atoms with Crippen molar-refractivity contribution in [3.63, 3.8) is 0 Å². The lowest BCUT2D eigenvalue weighted by molar-refractivity contribution is 0.144. The summed E-state index contributed by atoms with van der Waals surface area (Å²) in [6.45, 7) is 0. The fraction of sp³-hybridized carbons (Fsp3) is 0.0833. The molecule has 126 valence electrons. The van der Waals surface area contributed by atoms with E-state index in [-0.39, 0.29) is 0 Å². The molecule has 0 bridgehead atoms. The van der Waals surface area contributed by atoms with Crippen LogP contribution >= 0.6 is 0 Å². The molecule has 0 saturated carbocycles. The summed E-state index contributed by atoms with van der Waals surface area (Å²) in [5, 5.41) is 21.4. The van der Waals surface area contributed by atoms with Gasteiger partial charge in [0.15, 0.2) is 11.7 Å². The van der Waals surface area contributed by atoms with Crippen molar-refractivity contribution in [2.24, 2.45) is 0 Å². The van der Waals surface area contributed by atoms with Crippen molar-refractivity contribution >= 4 is 0 Å². The lowest BCUT2D eigenvalue weighted by Gasteiger charge is -2.23. The van der Waals surface area contributed by atoms with Gasteiger partial charge in [-0.1, -0.05) is 103 Å². The summed E-state index contributed by atoms with van der Waals surface area (Å²) < 4.78 is 0. The van der Waals surface area contributed by atoms with Gasteiger partial charge in [-0.3, -0.25) is 0 Å². The van der Waals surface area contributed by atoms with Crippen molar-refractivity contribution < 1.29 is 10.2 Å². The summed E-state index contributed by atoms with van der Waals surface area (Å²) in [5.41, 5.74) is 0.566. The van der Waals surface area contributed by atoms with Crippen LogP contribution in [0.1, 0.15) is 16.7 Å². The predicted octanol–water partition coefficient (Wildman–Crippen LogP) is 3.34. The molecule has 3 rings (SSSR count). The third-order valence-corrected chi connectivity index (χ3v) is 3.90. The van der Waals surface area contributed by atoms with Gasteiger partial charge in [-0.05, 0) is 12.1 Å². The Labute approximate surface area is 153 Å². The molecule has 1 atom stereocenters. The van der Waals surface area contributed by atoms with Gasteiger partial charge in [-0.2, -0.15) is 0 Å². The Balaban J connectivity index is 1.93. The number of hydrogen-bond acceptors (Lipinski definition) is 2. The molecule has 3 aromatic rings. The van der Waals surface area contributed by atoms with Gasteiger partial charge < -0.3 is 10.2 Å².